The smallest absolute Gasteiger partial charge is 0.417 e. The molecule has 0 N–H and O–H groups in total. The van der Waals surface area contributed by atoms with Crippen LogP contribution < -0.4 is 9.64 Å². The standard InChI is InChI=1S/C20H20F3N3O2/c1-28-17-4-2-3-15(13-17)5-8-19(27)26-11-9-25(10-12-26)18-7-6-16(14-24-18)20(21,22)23/h2-8,13-14H,9-12H2,1H3/b8-5+. The SMILES string of the molecule is COc1cccc(/C=C/C(=O)N2CCN(c3ccc(C(F)(F)F)cn3)CC2)c1. The third-order valence-electron chi connectivity index (χ3n) is 4.50. The van der Waals surface area contributed by atoms with Crippen molar-refractivity contribution in [2.45, 2.75) is 6.18 Å². The quantitative estimate of drug-likeness (QED) is 0.749. The maximum absolute atomic E-state index is 12.6. The molecule has 8 heteroatoms. The van der Waals surface area contributed by atoms with Gasteiger partial charge < -0.3 is 14.5 Å². The molecule has 0 unspecified atom stereocenters. The second-order valence-electron chi connectivity index (χ2n) is 6.33. The van der Waals surface area contributed by atoms with E-state index in [1.54, 1.807) is 18.1 Å². The molecule has 1 aliphatic heterocycles. The number of nitrogens with zero attached hydrogens (tertiary/aromatic N) is 3. The minimum absolute atomic E-state index is 0.108. The lowest BCUT2D eigenvalue weighted by atomic mass is 10.2. The fraction of sp³-hybridized carbons (Fsp3) is 0.300. The number of rotatable bonds is 4. The van der Waals surface area contributed by atoms with Crippen LogP contribution in [-0.4, -0.2) is 49.1 Å². The average molecular weight is 391 g/mol. The molecule has 0 bridgehead atoms. The Bertz CT molecular complexity index is 843. The van der Waals surface area contributed by atoms with Gasteiger partial charge in [0.1, 0.15) is 11.6 Å². The van der Waals surface area contributed by atoms with Gasteiger partial charge in [0.25, 0.3) is 0 Å². The fourth-order valence-corrected chi connectivity index (χ4v) is 2.91. The number of carbonyl (C=O) groups is 1. The van der Waals surface area contributed by atoms with Crippen molar-refractivity contribution in [2.24, 2.45) is 0 Å². The van der Waals surface area contributed by atoms with Crippen molar-refractivity contribution >= 4 is 17.8 Å². The average Bonchev–Trinajstić information content (AvgIpc) is 2.72. The summed E-state index contributed by atoms with van der Waals surface area (Å²) in [7, 11) is 1.58. The number of anilines is 1. The van der Waals surface area contributed by atoms with Crippen molar-refractivity contribution in [3.8, 4) is 5.75 Å². The molecule has 0 radical (unpaired) electrons. The van der Waals surface area contributed by atoms with Crippen LogP contribution >= 0.6 is 0 Å². The third kappa shape index (κ3) is 4.82. The van der Waals surface area contributed by atoms with Gasteiger partial charge in [-0.05, 0) is 35.9 Å². The summed E-state index contributed by atoms with van der Waals surface area (Å²) in [6.45, 7) is 1.97. The van der Waals surface area contributed by atoms with E-state index in [9.17, 15) is 18.0 Å². The first kappa shape index (κ1) is 19.7. The van der Waals surface area contributed by atoms with E-state index in [0.717, 1.165) is 17.8 Å². The Morgan fingerprint density at radius 1 is 1.14 bits per heavy atom. The Morgan fingerprint density at radius 3 is 2.50 bits per heavy atom. The molecule has 1 aromatic carbocycles. The number of ether oxygens (including phenoxy) is 1. The molecule has 0 saturated carbocycles. The zero-order valence-electron chi connectivity index (χ0n) is 15.3. The Hall–Kier alpha value is -3.03. The van der Waals surface area contributed by atoms with Crippen LogP contribution in [0.3, 0.4) is 0 Å². The van der Waals surface area contributed by atoms with E-state index in [1.165, 1.54) is 12.1 Å². The number of pyridine rings is 1. The molecule has 0 aliphatic carbocycles. The van der Waals surface area contributed by atoms with Gasteiger partial charge in [0.05, 0.1) is 12.7 Å². The fourth-order valence-electron chi connectivity index (χ4n) is 2.91. The van der Waals surface area contributed by atoms with Crippen molar-refractivity contribution in [1.82, 2.24) is 9.88 Å². The van der Waals surface area contributed by atoms with E-state index >= 15 is 0 Å². The summed E-state index contributed by atoms with van der Waals surface area (Å²) in [4.78, 5) is 19.9. The summed E-state index contributed by atoms with van der Waals surface area (Å²) < 4.78 is 43.0. The highest BCUT2D eigenvalue weighted by Crippen LogP contribution is 2.29. The van der Waals surface area contributed by atoms with Gasteiger partial charge in [0.15, 0.2) is 0 Å². The van der Waals surface area contributed by atoms with Crippen LogP contribution in [0.4, 0.5) is 19.0 Å². The highest BCUT2D eigenvalue weighted by molar-refractivity contribution is 5.92. The number of methoxy groups -OCH3 is 1. The number of benzene rings is 1. The molecule has 2 aromatic rings. The van der Waals surface area contributed by atoms with E-state index in [0.29, 0.717) is 37.7 Å². The third-order valence-corrected chi connectivity index (χ3v) is 4.50. The van der Waals surface area contributed by atoms with Gasteiger partial charge in [0, 0.05) is 38.5 Å². The molecule has 1 saturated heterocycles. The number of aromatic nitrogens is 1. The summed E-state index contributed by atoms with van der Waals surface area (Å²) in [6.07, 6.45) is -0.315. The molecule has 1 aliphatic rings. The highest BCUT2D eigenvalue weighted by atomic mass is 19.4. The molecule has 1 aromatic heterocycles. The van der Waals surface area contributed by atoms with Gasteiger partial charge in [-0.1, -0.05) is 12.1 Å². The van der Waals surface area contributed by atoms with Crippen LogP contribution in [0.5, 0.6) is 5.75 Å². The molecule has 1 fully saturated rings. The number of hydrogen-bond acceptors (Lipinski definition) is 4. The Morgan fingerprint density at radius 2 is 1.89 bits per heavy atom. The number of amides is 1. The molecule has 1 amide bonds. The molecule has 2 heterocycles. The van der Waals surface area contributed by atoms with E-state index in [4.69, 9.17) is 4.74 Å². The molecule has 28 heavy (non-hydrogen) atoms. The molecule has 0 spiro atoms. The number of carbonyl (C=O) groups excluding carboxylic acids is 1. The van der Waals surface area contributed by atoms with Crippen LogP contribution in [0.25, 0.3) is 6.08 Å². The normalized spacial score (nSPS) is 15.1. The Labute approximate surface area is 161 Å². The molecule has 148 valence electrons. The van der Waals surface area contributed by atoms with Gasteiger partial charge in [-0.3, -0.25) is 4.79 Å². The maximum atomic E-state index is 12.6. The predicted molar refractivity (Wildman–Crippen MR) is 100 cm³/mol. The monoisotopic (exact) mass is 391 g/mol. The van der Waals surface area contributed by atoms with Gasteiger partial charge in [-0.25, -0.2) is 4.98 Å². The van der Waals surface area contributed by atoms with Crippen LogP contribution in [0, 0.1) is 0 Å². The van der Waals surface area contributed by atoms with Gasteiger partial charge in [-0.2, -0.15) is 13.2 Å². The van der Waals surface area contributed by atoms with Crippen molar-refractivity contribution < 1.29 is 22.7 Å². The lowest BCUT2D eigenvalue weighted by Crippen LogP contribution is -2.48. The number of hydrogen-bond donors (Lipinski definition) is 0. The first-order valence-electron chi connectivity index (χ1n) is 8.76. The van der Waals surface area contributed by atoms with Gasteiger partial charge >= 0.3 is 6.18 Å². The Balaban J connectivity index is 1.55. The van der Waals surface area contributed by atoms with Gasteiger partial charge in [-0.15, -0.1) is 0 Å². The van der Waals surface area contributed by atoms with Crippen LogP contribution in [0.15, 0.2) is 48.7 Å². The minimum atomic E-state index is -4.40. The topological polar surface area (TPSA) is 45.7 Å². The maximum Gasteiger partial charge on any atom is 0.417 e. The molecule has 5 nitrogen and oxygen atoms in total. The van der Waals surface area contributed by atoms with E-state index in [1.807, 2.05) is 29.2 Å². The van der Waals surface area contributed by atoms with Crippen molar-refractivity contribution in [2.75, 3.05) is 38.2 Å². The van der Waals surface area contributed by atoms with Crippen molar-refractivity contribution in [3.63, 3.8) is 0 Å². The van der Waals surface area contributed by atoms with Crippen LogP contribution in [-0.2, 0) is 11.0 Å². The van der Waals surface area contributed by atoms with Crippen molar-refractivity contribution in [3.05, 3.63) is 59.8 Å². The van der Waals surface area contributed by atoms with Crippen LogP contribution in [0.1, 0.15) is 11.1 Å². The molecule has 3 rings (SSSR count). The Kier molecular flexibility index (Phi) is 5.87. The van der Waals surface area contributed by atoms with Crippen LogP contribution in [0.2, 0.25) is 0 Å². The van der Waals surface area contributed by atoms with E-state index < -0.39 is 11.7 Å². The summed E-state index contributed by atoms with van der Waals surface area (Å²) in [5.41, 5.74) is 0.0908. The highest BCUT2D eigenvalue weighted by Gasteiger charge is 2.31. The predicted octanol–water partition coefficient (Wildman–Crippen LogP) is 3.47. The second-order valence-corrected chi connectivity index (χ2v) is 6.33. The number of alkyl halides is 3. The largest absolute Gasteiger partial charge is 0.497 e. The molecular formula is C20H20F3N3O2. The second kappa shape index (κ2) is 8.33. The summed E-state index contributed by atoms with van der Waals surface area (Å²) in [5.74, 6) is 1.09. The summed E-state index contributed by atoms with van der Waals surface area (Å²) >= 11 is 0. The molecular weight excluding hydrogens is 371 g/mol. The first-order chi connectivity index (χ1) is 13.4. The van der Waals surface area contributed by atoms with E-state index in [2.05, 4.69) is 4.98 Å². The molecule has 0 atom stereocenters. The number of piperazine rings is 1. The lowest BCUT2D eigenvalue weighted by Gasteiger charge is -2.35. The summed E-state index contributed by atoms with van der Waals surface area (Å²) in [6, 6.07) is 9.77. The number of halogens is 3. The zero-order chi connectivity index (χ0) is 20.1. The summed E-state index contributed by atoms with van der Waals surface area (Å²) in [5, 5.41) is 0. The van der Waals surface area contributed by atoms with E-state index in [-0.39, 0.29) is 5.91 Å². The zero-order valence-corrected chi connectivity index (χ0v) is 15.3. The first-order valence-corrected chi connectivity index (χ1v) is 8.76. The lowest BCUT2D eigenvalue weighted by molar-refractivity contribution is -0.137. The van der Waals surface area contributed by atoms with Gasteiger partial charge in [0.2, 0.25) is 5.91 Å². The minimum Gasteiger partial charge on any atom is -0.497 e. The van der Waals surface area contributed by atoms with Crippen molar-refractivity contribution in [1.29, 1.82) is 0 Å².